The van der Waals surface area contributed by atoms with E-state index < -0.39 is 0 Å². The summed E-state index contributed by atoms with van der Waals surface area (Å²) in [5.41, 5.74) is 3.03. The number of likely N-dealkylation sites (tertiary alicyclic amines) is 1. The molecule has 0 aliphatic carbocycles. The molecule has 0 saturated carbocycles. The van der Waals surface area contributed by atoms with Crippen LogP contribution in [0.1, 0.15) is 41.6 Å². The van der Waals surface area contributed by atoms with E-state index >= 15 is 0 Å². The van der Waals surface area contributed by atoms with Crippen LogP contribution >= 0.6 is 0 Å². The van der Waals surface area contributed by atoms with Gasteiger partial charge in [0.25, 0.3) is 0 Å². The first-order valence-corrected chi connectivity index (χ1v) is 9.55. The summed E-state index contributed by atoms with van der Waals surface area (Å²) in [6.45, 7) is 3.31. The molecule has 3 nitrogen and oxygen atoms in total. The topological polar surface area (TPSA) is 33.5 Å². The van der Waals surface area contributed by atoms with Crippen molar-refractivity contribution in [2.45, 2.75) is 32.2 Å². The summed E-state index contributed by atoms with van der Waals surface area (Å²) in [5, 5.41) is 1.00. The molecule has 2 heterocycles. The number of furan rings is 1. The Morgan fingerprint density at radius 3 is 2.65 bits per heavy atom. The van der Waals surface area contributed by atoms with Crippen molar-refractivity contribution in [3.63, 3.8) is 0 Å². The van der Waals surface area contributed by atoms with Gasteiger partial charge in [-0.3, -0.25) is 9.69 Å². The van der Waals surface area contributed by atoms with Gasteiger partial charge in [0, 0.05) is 23.9 Å². The normalized spacial score (nSPS) is 16.2. The predicted molar refractivity (Wildman–Crippen MR) is 104 cm³/mol. The molecule has 26 heavy (non-hydrogen) atoms. The number of rotatable bonds is 6. The van der Waals surface area contributed by atoms with Crippen LogP contribution in [-0.4, -0.2) is 23.8 Å². The van der Waals surface area contributed by atoms with Crippen LogP contribution in [-0.2, 0) is 6.54 Å². The van der Waals surface area contributed by atoms with Gasteiger partial charge < -0.3 is 4.42 Å². The second-order valence-corrected chi connectivity index (χ2v) is 7.34. The average molecular weight is 347 g/mol. The third-order valence-corrected chi connectivity index (χ3v) is 5.51. The second kappa shape index (κ2) is 7.88. The highest BCUT2D eigenvalue weighted by Gasteiger charge is 2.20. The van der Waals surface area contributed by atoms with Gasteiger partial charge in [-0.05, 0) is 68.1 Å². The van der Waals surface area contributed by atoms with Crippen LogP contribution in [0.3, 0.4) is 0 Å². The molecule has 1 fully saturated rings. The van der Waals surface area contributed by atoms with E-state index in [-0.39, 0.29) is 5.78 Å². The van der Waals surface area contributed by atoms with Crippen LogP contribution in [0.5, 0.6) is 0 Å². The number of hydrogen-bond acceptors (Lipinski definition) is 3. The Labute approximate surface area is 154 Å². The molecule has 3 aromatic rings. The zero-order chi connectivity index (χ0) is 17.8. The number of carbonyl (C=O) groups is 1. The maximum Gasteiger partial charge on any atom is 0.162 e. The zero-order valence-electron chi connectivity index (χ0n) is 15.1. The first kappa shape index (κ1) is 17.0. The fourth-order valence-corrected chi connectivity index (χ4v) is 3.89. The average Bonchev–Trinajstić information content (AvgIpc) is 3.16. The lowest BCUT2D eigenvalue weighted by Crippen LogP contribution is -2.33. The van der Waals surface area contributed by atoms with E-state index in [1.165, 1.54) is 18.4 Å². The van der Waals surface area contributed by atoms with Crippen molar-refractivity contribution in [1.82, 2.24) is 4.90 Å². The van der Waals surface area contributed by atoms with Crippen molar-refractivity contribution in [3.8, 4) is 0 Å². The summed E-state index contributed by atoms with van der Waals surface area (Å²) in [5.74, 6) is 0.920. The van der Waals surface area contributed by atoms with Crippen molar-refractivity contribution in [2.75, 3.05) is 13.1 Å². The lowest BCUT2D eigenvalue weighted by atomic mass is 9.90. The van der Waals surface area contributed by atoms with Gasteiger partial charge in [0.15, 0.2) is 5.78 Å². The van der Waals surface area contributed by atoms with Crippen molar-refractivity contribution in [1.29, 1.82) is 0 Å². The number of carbonyl (C=O) groups excluding carboxylic acids is 1. The van der Waals surface area contributed by atoms with E-state index in [4.69, 9.17) is 4.42 Å². The van der Waals surface area contributed by atoms with Crippen molar-refractivity contribution < 1.29 is 9.21 Å². The van der Waals surface area contributed by atoms with E-state index in [1.807, 2.05) is 24.3 Å². The molecular weight excluding hydrogens is 322 g/mol. The van der Waals surface area contributed by atoms with E-state index in [1.54, 1.807) is 6.26 Å². The van der Waals surface area contributed by atoms with E-state index in [0.29, 0.717) is 12.3 Å². The van der Waals surface area contributed by atoms with Gasteiger partial charge in [0.2, 0.25) is 0 Å². The van der Waals surface area contributed by atoms with Crippen molar-refractivity contribution >= 4 is 16.8 Å². The molecule has 0 atom stereocenters. The first-order valence-electron chi connectivity index (χ1n) is 9.55. The third kappa shape index (κ3) is 4.05. The Morgan fingerprint density at radius 1 is 1.04 bits per heavy atom. The Hall–Kier alpha value is -2.39. The summed E-state index contributed by atoms with van der Waals surface area (Å²) in [6.07, 6.45) is 5.71. The molecule has 4 rings (SSSR count). The van der Waals surface area contributed by atoms with E-state index in [2.05, 4.69) is 35.2 Å². The maximum absolute atomic E-state index is 12.5. The molecule has 0 amide bonds. The number of piperidine rings is 1. The Balaban J connectivity index is 1.25. The first-order chi connectivity index (χ1) is 12.8. The molecular formula is C23H25NO2. The molecule has 3 heteroatoms. The highest BCUT2D eigenvalue weighted by atomic mass is 16.3. The predicted octanol–water partition coefficient (Wildman–Crippen LogP) is 5.31. The molecule has 0 radical (unpaired) electrons. The molecule has 1 aliphatic rings. The fraction of sp³-hybridized carbons (Fsp3) is 0.348. The molecule has 1 aromatic heterocycles. The number of ketones is 1. The van der Waals surface area contributed by atoms with Crippen LogP contribution in [0.25, 0.3) is 11.0 Å². The minimum absolute atomic E-state index is 0.250. The Morgan fingerprint density at radius 2 is 1.85 bits per heavy atom. The number of Topliss-reactive ketones (excluding diaryl/α,β-unsaturated/α-hetero) is 1. The number of fused-ring (bicyclic) bond motifs is 1. The lowest BCUT2D eigenvalue weighted by molar-refractivity contribution is 0.0961. The van der Waals surface area contributed by atoms with Crippen LogP contribution in [0.4, 0.5) is 0 Å². The Bertz CT molecular complexity index is 860. The van der Waals surface area contributed by atoms with Gasteiger partial charge in [-0.2, -0.15) is 0 Å². The summed E-state index contributed by atoms with van der Waals surface area (Å²) >= 11 is 0. The molecule has 134 valence electrons. The number of hydrogen-bond donors (Lipinski definition) is 0. The van der Waals surface area contributed by atoms with Gasteiger partial charge in [-0.15, -0.1) is 0 Å². The quantitative estimate of drug-likeness (QED) is 0.567. The fourth-order valence-electron chi connectivity index (χ4n) is 3.89. The van der Waals surface area contributed by atoms with Crippen LogP contribution in [0, 0.1) is 5.92 Å². The third-order valence-electron chi connectivity index (χ3n) is 5.51. The van der Waals surface area contributed by atoms with Crippen molar-refractivity contribution in [2.24, 2.45) is 5.92 Å². The molecule has 1 aliphatic heterocycles. The molecule has 2 aromatic carbocycles. The zero-order valence-corrected chi connectivity index (χ0v) is 15.1. The van der Waals surface area contributed by atoms with Crippen LogP contribution in [0.2, 0.25) is 0 Å². The molecule has 0 spiro atoms. The van der Waals surface area contributed by atoms with Crippen molar-refractivity contribution in [3.05, 3.63) is 72.0 Å². The summed E-state index contributed by atoms with van der Waals surface area (Å²) in [4.78, 5) is 15.0. The molecule has 0 unspecified atom stereocenters. The standard InChI is InChI=1S/C23H25NO2/c25-22(20-7-9-23-21(16-20)12-15-26-23)8-6-18-10-13-24(14-11-18)17-19-4-2-1-3-5-19/h1-5,7,9,12,15-16,18H,6,8,10-11,13-14,17H2. The highest BCUT2D eigenvalue weighted by molar-refractivity contribution is 5.99. The smallest absolute Gasteiger partial charge is 0.162 e. The van der Waals surface area contributed by atoms with Gasteiger partial charge in [-0.25, -0.2) is 0 Å². The van der Waals surface area contributed by atoms with Crippen LogP contribution in [0.15, 0.2) is 65.3 Å². The van der Waals surface area contributed by atoms with E-state index in [0.717, 1.165) is 42.6 Å². The molecule has 0 N–H and O–H groups in total. The maximum atomic E-state index is 12.5. The lowest BCUT2D eigenvalue weighted by Gasteiger charge is -2.32. The van der Waals surface area contributed by atoms with Gasteiger partial charge in [0.05, 0.1) is 6.26 Å². The minimum Gasteiger partial charge on any atom is -0.464 e. The van der Waals surface area contributed by atoms with Gasteiger partial charge >= 0.3 is 0 Å². The number of nitrogens with zero attached hydrogens (tertiary/aromatic N) is 1. The highest BCUT2D eigenvalue weighted by Crippen LogP contribution is 2.25. The van der Waals surface area contributed by atoms with Gasteiger partial charge in [0.1, 0.15) is 5.58 Å². The second-order valence-electron chi connectivity index (χ2n) is 7.34. The molecule has 1 saturated heterocycles. The van der Waals surface area contributed by atoms with Crippen LogP contribution < -0.4 is 0 Å². The Kier molecular flexibility index (Phi) is 5.16. The summed E-state index contributed by atoms with van der Waals surface area (Å²) in [7, 11) is 0. The SMILES string of the molecule is O=C(CCC1CCN(Cc2ccccc2)CC1)c1ccc2occc2c1. The largest absolute Gasteiger partial charge is 0.464 e. The monoisotopic (exact) mass is 347 g/mol. The number of benzene rings is 2. The van der Waals surface area contributed by atoms with Gasteiger partial charge in [-0.1, -0.05) is 30.3 Å². The summed E-state index contributed by atoms with van der Waals surface area (Å²) in [6, 6.07) is 18.3. The van der Waals surface area contributed by atoms with E-state index in [9.17, 15) is 4.79 Å². The molecule has 0 bridgehead atoms. The summed E-state index contributed by atoms with van der Waals surface area (Å²) < 4.78 is 5.34. The minimum atomic E-state index is 0.250.